The number of H-pyrrole nitrogens is 1. The van der Waals surface area contributed by atoms with Gasteiger partial charge in [0.1, 0.15) is 5.75 Å². The zero-order valence-electron chi connectivity index (χ0n) is 12.7. The van der Waals surface area contributed by atoms with Crippen LogP contribution in [0.25, 0.3) is 10.9 Å². The van der Waals surface area contributed by atoms with Gasteiger partial charge in [0, 0.05) is 10.4 Å². The van der Waals surface area contributed by atoms with E-state index in [9.17, 15) is 9.90 Å². The fraction of sp³-hybridized carbons (Fsp3) is 0.118. The molecule has 0 fully saturated rings. The van der Waals surface area contributed by atoms with Gasteiger partial charge >= 0.3 is 5.91 Å². The highest BCUT2D eigenvalue weighted by molar-refractivity contribution is 6.30. The molecule has 0 aliphatic carbocycles. The average molecular weight is 344 g/mol. The highest BCUT2D eigenvalue weighted by Crippen LogP contribution is 2.35. The molecule has 2 N–H and O–H groups in total. The lowest BCUT2D eigenvalue weighted by Gasteiger charge is -2.10. The maximum absolute atomic E-state index is 12.1. The molecule has 3 rings (SSSR count). The minimum Gasteiger partial charge on any atom is -0.493 e. The van der Waals surface area contributed by atoms with Crippen molar-refractivity contribution in [2.24, 2.45) is 10.2 Å². The van der Waals surface area contributed by atoms with E-state index in [0.29, 0.717) is 21.7 Å². The number of hydrogen-bond acceptors (Lipinski definition) is 4. The molecule has 0 spiro atoms. The molecule has 0 saturated heterocycles. The topological polar surface area (TPSA) is 87.0 Å². The zero-order chi connectivity index (χ0) is 17.1. The fourth-order valence-corrected chi connectivity index (χ4v) is 2.37. The van der Waals surface area contributed by atoms with E-state index in [-0.39, 0.29) is 11.6 Å². The van der Waals surface area contributed by atoms with Crippen LogP contribution in [0.4, 0.5) is 5.69 Å². The van der Waals surface area contributed by atoms with Gasteiger partial charge in [0.15, 0.2) is 11.8 Å². The van der Waals surface area contributed by atoms with Gasteiger partial charge in [0.25, 0.3) is 0 Å². The molecule has 7 heteroatoms. The van der Waals surface area contributed by atoms with Crippen molar-refractivity contribution in [2.45, 2.75) is 13.0 Å². The third kappa shape index (κ3) is 3.38. The van der Waals surface area contributed by atoms with Crippen LogP contribution >= 0.6 is 11.6 Å². The molecule has 0 aliphatic heterocycles. The van der Waals surface area contributed by atoms with Gasteiger partial charge in [-0.25, -0.2) is 0 Å². The standard InChI is InChI=1S/C17H14ClN3O3/c1-10(24-12-6-4-5-11(18)9-12)16(22)21-20-15-13-7-2-3-8-14(13)19-17(15)23/h2-10,19,23H,1H3. The van der Waals surface area contributed by atoms with Gasteiger partial charge in [-0.15, -0.1) is 10.2 Å². The predicted octanol–water partition coefficient (Wildman–Crippen LogP) is 4.60. The maximum atomic E-state index is 12.1. The van der Waals surface area contributed by atoms with Crippen LogP contribution in [0.1, 0.15) is 6.92 Å². The summed E-state index contributed by atoms with van der Waals surface area (Å²) in [6.07, 6.45) is -0.834. The summed E-state index contributed by atoms with van der Waals surface area (Å²) in [5.41, 5.74) is 0.925. The lowest BCUT2D eigenvalue weighted by molar-refractivity contribution is -0.124. The molecule has 0 radical (unpaired) electrons. The first kappa shape index (κ1) is 16.0. The van der Waals surface area contributed by atoms with Gasteiger partial charge < -0.3 is 14.8 Å². The molecule has 1 aromatic heterocycles. The molecule has 1 amide bonds. The summed E-state index contributed by atoms with van der Waals surface area (Å²) >= 11 is 5.87. The van der Waals surface area contributed by atoms with E-state index in [1.807, 2.05) is 6.07 Å². The smallest absolute Gasteiger partial charge is 0.304 e. The number of fused-ring (bicyclic) bond motifs is 1. The SMILES string of the molecule is CC(Oc1cccc(Cl)c1)C(=O)N=Nc1c(O)[nH]c2ccccc12. The number of azo groups is 1. The number of rotatable bonds is 4. The first-order chi connectivity index (χ1) is 11.5. The number of hydrogen-bond donors (Lipinski definition) is 2. The molecule has 24 heavy (non-hydrogen) atoms. The third-order valence-corrected chi connectivity index (χ3v) is 3.60. The Balaban J connectivity index is 1.75. The summed E-state index contributed by atoms with van der Waals surface area (Å²) in [4.78, 5) is 14.8. The molecule has 1 unspecified atom stereocenters. The van der Waals surface area contributed by atoms with Crippen LogP contribution in [-0.4, -0.2) is 22.1 Å². The molecule has 3 aromatic rings. The Kier molecular flexibility index (Phi) is 4.48. The summed E-state index contributed by atoms with van der Waals surface area (Å²) < 4.78 is 5.49. The number of nitrogens with zero attached hydrogens (tertiary/aromatic N) is 2. The fourth-order valence-electron chi connectivity index (χ4n) is 2.19. The van der Waals surface area contributed by atoms with E-state index in [4.69, 9.17) is 16.3 Å². The average Bonchev–Trinajstić information content (AvgIpc) is 2.88. The quantitative estimate of drug-likeness (QED) is 0.678. The maximum Gasteiger partial charge on any atom is 0.304 e. The van der Waals surface area contributed by atoms with Gasteiger partial charge in [0.05, 0.1) is 5.52 Å². The first-order valence-electron chi connectivity index (χ1n) is 7.22. The van der Waals surface area contributed by atoms with Crippen molar-refractivity contribution < 1.29 is 14.6 Å². The van der Waals surface area contributed by atoms with Gasteiger partial charge in [-0.3, -0.25) is 4.79 Å². The van der Waals surface area contributed by atoms with Crippen molar-refractivity contribution in [1.82, 2.24) is 4.98 Å². The first-order valence-corrected chi connectivity index (χ1v) is 7.60. The summed E-state index contributed by atoms with van der Waals surface area (Å²) in [5.74, 6) is -0.246. The van der Waals surface area contributed by atoms with Crippen LogP contribution < -0.4 is 4.74 Å². The van der Waals surface area contributed by atoms with Crippen molar-refractivity contribution in [3.63, 3.8) is 0 Å². The number of ether oxygens (including phenoxy) is 1. The van der Waals surface area contributed by atoms with Crippen molar-refractivity contribution in [3.8, 4) is 11.6 Å². The van der Waals surface area contributed by atoms with E-state index < -0.39 is 12.0 Å². The summed E-state index contributed by atoms with van der Waals surface area (Å²) in [7, 11) is 0. The van der Waals surface area contributed by atoms with Crippen LogP contribution in [-0.2, 0) is 4.79 Å². The Labute approximate surface area is 142 Å². The largest absolute Gasteiger partial charge is 0.493 e. The van der Waals surface area contributed by atoms with Crippen molar-refractivity contribution in [2.75, 3.05) is 0 Å². The minimum atomic E-state index is -0.834. The number of para-hydroxylation sites is 1. The number of benzene rings is 2. The Hall–Kier alpha value is -2.86. The predicted molar refractivity (Wildman–Crippen MR) is 91.0 cm³/mol. The highest BCUT2D eigenvalue weighted by atomic mass is 35.5. The second kappa shape index (κ2) is 6.72. The second-order valence-corrected chi connectivity index (χ2v) is 5.56. The van der Waals surface area contributed by atoms with Crippen LogP contribution in [0, 0.1) is 0 Å². The summed E-state index contributed by atoms with van der Waals surface area (Å²) in [5, 5.41) is 18.6. The molecule has 0 bridgehead atoms. The van der Waals surface area contributed by atoms with Gasteiger partial charge in [-0.2, -0.15) is 0 Å². The van der Waals surface area contributed by atoms with Gasteiger partial charge in [-0.05, 0) is 31.2 Å². The molecule has 122 valence electrons. The number of halogens is 1. The number of aromatic amines is 1. The number of aromatic nitrogens is 1. The minimum absolute atomic E-state index is 0.142. The van der Waals surface area contributed by atoms with Gasteiger partial charge in [0.2, 0.25) is 5.88 Å². The third-order valence-electron chi connectivity index (χ3n) is 3.36. The second-order valence-electron chi connectivity index (χ2n) is 5.12. The Morgan fingerprint density at radius 1 is 1.25 bits per heavy atom. The molecular formula is C17H14ClN3O3. The monoisotopic (exact) mass is 343 g/mol. The number of nitrogens with one attached hydrogen (secondary N) is 1. The van der Waals surface area contributed by atoms with Crippen LogP contribution in [0.2, 0.25) is 5.02 Å². The number of carbonyl (C=O) groups is 1. The lowest BCUT2D eigenvalue weighted by Crippen LogP contribution is -2.21. The van der Waals surface area contributed by atoms with Crippen molar-refractivity contribution >= 4 is 34.1 Å². The van der Waals surface area contributed by atoms with Crippen LogP contribution in [0.15, 0.2) is 58.8 Å². The van der Waals surface area contributed by atoms with Crippen LogP contribution in [0.5, 0.6) is 11.6 Å². The molecule has 0 aliphatic rings. The molecule has 6 nitrogen and oxygen atoms in total. The lowest BCUT2D eigenvalue weighted by atomic mass is 10.2. The van der Waals surface area contributed by atoms with E-state index in [1.165, 1.54) is 0 Å². The Morgan fingerprint density at radius 2 is 2.04 bits per heavy atom. The summed E-state index contributed by atoms with van der Waals surface area (Å²) in [6.45, 7) is 1.57. The number of carbonyl (C=O) groups excluding carboxylic acids is 1. The van der Waals surface area contributed by atoms with Crippen molar-refractivity contribution in [3.05, 3.63) is 53.6 Å². The van der Waals surface area contributed by atoms with E-state index in [0.717, 1.165) is 0 Å². The number of amides is 1. The molecular weight excluding hydrogens is 330 g/mol. The molecule has 1 heterocycles. The van der Waals surface area contributed by atoms with E-state index in [1.54, 1.807) is 49.4 Å². The van der Waals surface area contributed by atoms with Crippen molar-refractivity contribution in [1.29, 1.82) is 0 Å². The van der Waals surface area contributed by atoms with E-state index in [2.05, 4.69) is 15.2 Å². The normalized spacial score (nSPS) is 12.6. The summed E-state index contributed by atoms with van der Waals surface area (Å²) in [6, 6.07) is 13.9. The number of aromatic hydroxyl groups is 1. The molecule has 2 aromatic carbocycles. The zero-order valence-corrected chi connectivity index (χ0v) is 13.5. The Bertz CT molecular complexity index is 920. The molecule has 1 atom stereocenters. The van der Waals surface area contributed by atoms with Crippen LogP contribution in [0.3, 0.4) is 0 Å². The molecule has 0 saturated carbocycles. The Morgan fingerprint density at radius 3 is 2.83 bits per heavy atom. The van der Waals surface area contributed by atoms with E-state index >= 15 is 0 Å². The van der Waals surface area contributed by atoms with Gasteiger partial charge in [-0.1, -0.05) is 35.9 Å². The highest BCUT2D eigenvalue weighted by Gasteiger charge is 2.16.